The van der Waals surface area contributed by atoms with Crippen molar-refractivity contribution in [2.75, 3.05) is 20.1 Å². The van der Waals surface area contributed by atoms with E-state index in [-0.39, 0.29) is 16.8 Å². The Kier molecular flexibility index (Phi) is 5.78. The molecular weight excluding hydrogens is 314 g/mol. The molecule has 128 valence electrons. The highest BCUT2D eigenvalue weighted by molar-refractivity contribution is 7.89. The van der Waals surface area contributed by atoms with Gasteiger partial charge in [-0.2, -0.15) is 0 Å². The van der Waals surface area contributed by atoms with E-state index in [2.05, 4.69) is 10.0 Å². The summed E-state index contributed by atoms with van der Waals surface area (Å²) in [6, 6.07) is 6.43. The summed E-state index contributed by atoms with van der Waals surface area (Å²) in [6.45, 7) is 4.98. The van der Waals surface area contributed by atoms with Crippen molar-refractivity contribution in [3.63, 3.8) is 0 Å². The topological polar surface area (TPSA) is 78.5 Å². The van der Waals surface area contributed by atoms with Gasteiger partial charge < -0.3 is 10.2 Å². The number of amides is 1. The minimum absolute atomic E-state index is 0.0414. The molecule has 0 saturated carbocycles. The number of nitrogens with one attached hydrogen (secondary N) is 2. The molecule has 1 heterocycles. The molecule has 1 fully saturated rings. The Morgan fingerprint density at radius 2 is 1.74 bits per heavy atom. The Labute approximate surface area is 138 Å². The number of sulfonamides is 1. The molecule has 0 aromatic heterocycles. The van der Waals surface area contributed by atoms with Gasteiger partial charge in [0.1, 0.15) is 0 Å². The Bertz CT molecular complexity index is 633. The third kappa shape index (κ3) is 4.53. The Morgan fingerprint density at radius 1 is 1.17 bits per heavy atom. The first-order chi connectivity index (χ1) is 10.8. The monoisotopic (exact) mass is 339 g/mol. The van der Waals surface area contributed by atoms with Crippen molar-refractivity contribution in [3.8, 4) is 0 Å². The van der Waals surface area contributed by atoms with E-state index in [1.54, 1.807) is 26.0 Å². The number of piperidine rings is 1. The molecule has 1 saturated heterocycles. The van der Waals surface area contributed by atoms with Gasteiger partial charge in [-0.05, 0) is 58.0 Å². The molecule has 0 spiro atoms. The summed E-state index contributed by atoms with van der Waals surface area (Å²) in [5, 5.41) is 3.23. The minimum atomic E-state index is -3.52. The summed E-state index contributed by atoms with van der Waals surface area (Å²) in [5.41, 5.74) is 0.524. The van der Waals surface area contributed by atoms with Crippen molar-refractivity contribution >= 4 is 15.9 Å². The maximum Gasteiger partial charge on any atom is 0.253 e. The number of nitrogens with zero attached hydrogens (tertiary/aromatic N) is 1. The Morgan fingerprint density at radius 3 is 2.22 bits per heavy atom. The van der Waals surface area contributed by atoms with E-state index in [0.717, 1.165) is 25.9 Å². The van der Waals surface area contributed by atoms with Crippen LogP contribution in [0.4, 0.5) is 0 Å². The lowest BCUT2D eigenvalue weighted by molar-refractivity contribution is 0.0707. The second-order valence-corrected chi connectivity index (χ2v) is 7.87. The molecule has 1 aliphatic rings. The fourth-order valence-electron chi connectivity index (χ4n) is 2.71. The lowest BCUT2D eigenvalue weighted by Crippen LogP contribution is -2.43. The van der Waals surface area contributed by atoms with E-state index in [0.29, 0.717) is 11.6 Å². The number of hydrogen-bond acceptors (Lipinski definition) is 4. The van der Waals surface area contributed by atoms with E-state index in [1.165, 1.54) is 12.1 Å². The second kappa shape index (κ2) is 7.42. The average molecular weight is 339 g/mol. The lowest BCUT2D eigenvalue weighted by atomic mass is 10.0. The number of carbonyl (C=O) groups is 1. The molecule has 1 aliphatic heterocycles. The SMILES string of the molecule is CNC1CCN(C(=O)c2ccc(S(=O)(=O)NC(C)C)cc2)CC1. The minimum Gasteiger partial charge on any atom is -0.339 e. The van der Waals surface area contributed by atoms with Crippen molar-refractivity contribution in [1.82, 2.24) is 14.9 Å². The highest BCUT2D eigenvalue weighted by atomic mass is 32.2. The predicted molar refractivity (Wildman–Crippen MR) is 89.9 cm³/mol. The average Bonchev–Trinajstić information content (AvgIpc) is 2.53. The molecule has 0 atom stereocenters. The fourth-order valence-corrected chi connectivity index (χ4v) is 3.96. The number of likely N-dealkylation sites (tertiary alicyclic amines) is 1. The third-order valence-corrected chi connectivity index (χ3v) is 5.67. The van der Waals surface area contributed by atoms with Crippen molar-refractivity contribution in [1.29, 1.82) is 0 Å². The van der Waals surface area contributed by atoms with E-state index >= 15 is 0 Å². The molecule has 2 N–H and O–H groups in total. The fraction of sp³-hybridized carbons (Fsp3) is 0.562. The zero-order valence-electron chi connectivity index (χ0n) is 13.9. The van der Waals surface area contributed by atoms with Crippen LogP contribution in [-0.4, -0.2) is 51.4 Å². The van der Waals surface area contributed by atoms with E-state index in [4.69, 9.17) is 0 Å². The van der Waals surface area contributed by atoms with E-state index in [1.807, 2.05) is 11.9 Å². The van der Waals surface area contributed by atoms with Crippen LogP contribution in [0.1, 0.15) is 37.0 Å². The number of carbonyl (C=O) groups excluding carboxylic acids is 1. The Balaban J connectivity index is 2.06. The quantitative estimate of drug-likeness (QED) is 0.845. The van der Waals surface area contributed by atoms with Gasteiger partial charge in [0.25, 0.3) is 5.91 Å². The van der Waals surface area contributed by atoms with E-state index < -0.39 is 10.0 Å². The van der Waals surface area contributed by atoms with Gasteiger partial charge in [0.2, 0.25) is 10.0 Å². The summed E-state index contributed by atoms with van der Waals surface area (Å²) in [5.74, 6) is -0.0414. The maximum absolute atomic E-state index is 12.5. The first-order valence-electron chi connectivity index (χ1n) is 7.92. The van der Waals surface area contributed by atoms with Crippen LogP contribution in [0.25, 0.3) is 0 Å². The van der Waals surface area contributed by atoms with Crippen LogP contribution in [0.2, 0.25) is 0 Å². The van der Waals surface area contributed by atoms with Crippen LogP contribution in [0.3, 0.4) is 0 Å². The van der Waals surface area contributed by atoms with Gasteiger partial charge in [-0.1, -0.05) is 0 Å². The summed E-state index contributed by atoms with van der Waals surface area (Å²) < 4.78 is 26.7. The standard InChI is InChI=1S/C16H25N3O3S/c1-12(2)18-23(21,22)15-6-4-13(5-7-15)16(20)19-10-8-14(17-3)9-11-19/h4-7,12,14,17-18H,8-11H2,1-3H3. The van der Waals surface area contributed by atoms with Crippen LogP contribution in [-0.2, 0) is 10.0 Å². The maximum atomic E-state index is 12.5. The zero-order valence-corrected chi connectivity index (χ0v) is 14.7. The first-order valence-corrected chi connectivity index (χ1v) is 9.40. The van der Waals surface area contributed by atoms with Crippen molar-refractivity contribution in [2.24, 2.45) is 0 Å². The smallest absolute Gasteiger partial charge is 0.253 e. The lowest BCUT2D eigenvalue weighted by Gasteiger charge is -2.31. The molecule has 1 amide bonds. The molecule has 2 rings (SSSR count). The molecule has 0 unspecified atom stereocenters. The van der Waals surface area contributed by atoms with Gasteiger partial charge in [-0.3, -0.25) is 4.79 Å². The van der Waals surface area contributed by atoms with Gasteiger partial charge in [0.15, 0.2) is 0 Å². The normalized spacial score (nSPS) is 16.8. The molecule has 0 radical (unpaired) electrons. The molecule has 0 aliphatic carbocycles. The Hall–Kier alpha value is -1.44. The summed E-state index contributed by atoms with van der Waals surface area (Å²) in [6.07, 6.45) is 1.88. The molecule has 1 aromatic rings. The summed E-state index contributed by atoms with van der Waals surface area (Å²) in [7, 11) is -1.58. The van der Waals surface area contributed by atoms with Gasteiger partial charge in [-0.25, -0.2) is 13.1 Å². The molecule has 7 heteroatoms. The zero-order chi connectivity index (χ0) is 17.0. The molecule has 6 nitrogen and oxygen atoms in total. The van der Waals surface area contributed by atoms with Crippen molar-refractivity contribution in [2.45, 2.75) is 43.7 Å². The number of benzene rings is 1. The highest BCUT2D eigenvalue weighted by Gasteiger charge is 2.23. The molecular formula is C16H25N3O3S. The van der Waals surface area contributed by atoms with E-state index in [9.17, 15) is 13.2 Å². The largest absolute Gasteiger partial charge is 0.339 e. The number of hydrogen-bond donors (Lipinski definition) is 2. The molecule has 1 aromatic carbocycles. The van der Waals surface area contributed by atoms with Crippen LogP contribution >= 0.6 is 0 Å². The molecule has 23 heavy (non-hydrogen) atoms. The van der Waals surface area contributed by atoms with Gasteiger partial charge in [-0.15, -0.1) is 0 Å². The first kappa shape index (κ1) is 17.9. The highest BCUT2D eigenvalue weighted by Crippen LogP contribution is 2.16. The van der Waals surface area contributed by atoms with Crippen LogP contribution < -0.4 is 10.0 Å². The van der Waals surface area contributed by atoms with Crippen molar-refractivity contribution < 1.29 is 13.2 Å². The van der Waals surface area contributed by atoms with Gasteiger partial charge in [0.05, 0.1) is 4.90 Å². The van der Waals surface area contributed by atoms with Crippen LogP contribution in [0, 0.1) is 0 Å². The van der Waals surface area contributed by atoms with Gasteiger partial charge in [0, 0.05) is 30.7 Å². The number of rotatable bonds is 5. The third-order valence-electron chi connectivity index (χ3n) is 3.99. The summed E-state index contributed by atoms with van der Waals surface area (Å²) in [4.78, 5) is 14.5. The molecule has 0 bridgehead atoms. The summed E-state index contributed by atoms with van der Waals surface area (Å²) >= 11 is 0. The van der Waals surface area contributed by atoms with Gasteiger partial charge >= 0.3 is 0 Å². The predicted octanol–water partition coefficient (Wildman–Crippen LogP) is 1.20. The van der Waals surface area contributed by atoms with Crippen LogP contribution in [0.15, 0.2) is 29.2 Å². The van der Waals surface area contributed by atoms with Crippen molar-refractivity contribution in [3.05, 3.63) is 29.8 Å². The van der Waals surface area contributed by atoms with Crippen LogP contribution in [0.5, 0.6) is 0 Å². The second-order valence-electron chi connectivity index (χ2n) is 6.16.